The van der Waals surface area contributed by atoms with Crippen LogP contribution in [0.2, 0.25) is 0 Å². The molecule has 0 radical (unpaired) electrons. The van der Waals surface area contributed by atoms with E-state index >= 15 is 0 Å². The molecule has 1 unspecified atom stereocenters. The number of thioether (sulfide) groups is 1. The van der Waals surface area contributed by atoms with E-state index < -0.39 is 5.97 Å². The fourth-order valence-electron chi connectivity index (χ4n) is 1.46. The second kappa shape index (κ2) is 5.16. The van der Waals surface area contributed by atoms with E-state index in [0.29, 0.717) is 17.9 Å². The molecule has 84 valence electrons. The van der Waals surface area contributed by atoms with E-state index in [9.17, 15) is 14.4 Å². The number of carbonyl (C=O) groups is 3. The average molecular weight is 231 g/mol. The largest absolute Gasteiger partial charge is 0.481 e. The number of carbonyl (C=O) groups excluding carboxylic acids is 2. The Bertz CT molecular complexity index is 276. The predicted octanol–water partition coefficient (Wildman–Crippen LogP) is 0.342. The van der Waals surface area contributed by atoms with Gasteiger partial charge in [0.15, 0.2) is 0 Å². The molecule has 0 aromatic rings. The van der Waals surface area contributed by atoms with Crippen LogP contribution in [0.5, 0.6) is 0 Å². The van der Waals surface area contributed by atoms with Crippen LogP contribution in [0.3, 0.4) is 0 Å². The molecule has 1 atom stereocenters. The molecule has 1 N–H and O–H groups in total. The van der Waals surface area contributed by atoms with Crippen LogP contribution in [-0.2, 0) is 14.4 Å². The fourth-order valence-corrected chi connectivity index (χ4v) is 2.19. The summed E-state index contributed by atoms with van der Waals surface area (Å²) in [5.74, 6) is -0.719. The number of hydrogen-bond donors (Lipinski definition) is 1. The molecule has 1 aliphatic heterocycles. The first-order valence-corrected chi connectivity index (χ1v) is 5.82. The molecule has 2 amide bonds. The summed E-state index contributed by atoms with van der Waals surface area (Å²) in [5.41, 5.74) is 0. The molecule has 1 rings (SSSR count). The summed E-state index contributed by atoms with van der Waals surface area (Å²) in [6.45, 7) is 1.70. The maximum atomic E-state index is 11.4. The molecule has 1 fully saturated rings. The molecule has 1 heterocycles. The van der Waals surface area contributed by atoms with Crippen molar-refractivity contribution in [2.45, 2.75) is 25.8 Å². The highest BCUT2D eigenvalue weighted by molar-refractivity contribution is 8.00. The standard InChI is InChI=1S/C9H13NO4S/c1-6(2-3-9(13)14)10-7(11)4-15-5-8(10)12/h6H,2-5H2,1H3,(H,13,14). The van der Waals surface area contributed by atoms with Crippen molar-refractivity contribution in [1.82, 2.24) is 4.90 Å². The number of carboxylic acid groups (broad SMARTS) is 1. The van der Waals surface area contributed by atoms with Gasteiger partial charge in [0, 0.05) is 12.5 Å². The van der Waals surface area contributed by atoms with E-state index in [2.05, 4.69) is 0 Å². The van der Waals surface area contributed by atoms with Crippen LogP contribution in [0.4, 0.5) is 0 Å². The Hall–Kier alpha value is -1.04. The van der Waals surface area contributed by atoms with Crippen LogP contribution in [0.25, 0.3) is 0 Å². The zero-order valence-electron chi connectivity index (χ0n) is 8.43. The van der Waals surface area contributed by atoms with Crippen LogP contribution >= 0.6 is 11.8 Å². The van der Waals surface area contributed by atoms with Crippen LogP contribution < -0.4 is 0 Å². The molecule has 0 aromatic carbocycles. The molecule has 1 aliphatic rings. The smallest absolute Gasteiger partial charge is 0.303 e. The number of nitrogens with zero attached hydrogens (tertiary/aromatic N) is 1. The minimum Gasteiger partial charge on any atom is -0.481 e. The number of aliphatic carboxylic acids is 1. The molecular weight excluding hydrogens is 218 g/mol. The summed E-state index contributed by atoms with van der Waals surface area (Å²) >= 11 is 1.30. The first-order valence-electron chi connectivity index (χ1n) is 4.67. The Kier molecular flexibility index (Phi) is 4.14. The second-order valence-electron chi connectivity index (χ2n) is 3.43. The van der Waals surface area contributed by atoms with Crippen molar-refractivity contribution in [2.24, 2.45) is 0 Å². The first kappa shape index (κ1) is 12.0. The monoisotopic (exact) mass is 231 g/mol. The van der Waals surface area contributed by atoms with E-state index in [1.165, 1.54) is 16.7 Å². The van der Waals surface area contributed by atoms with Gasteiger partial charge in [0.05, 0.1) is 11.5 Å². The Morgan fingerprint density at radius 3 is 2.47 bits per heavy atom. The van der Waals surface area contributed by atoms with E-state index in [-0.39, 0.29) is 24.3 Å². The molecule has 5 nitrogen and oxygen atoms in total. The minimum absolute atomic E-state index is 0.0225. The summed E-state index contributed by atoms with van der Waals surface area (Å²) in [5, 5.41) is 8.50. The van der Waals surface area contributed by atoms with Gasteiger partial charge in [-0.05, 0) is 13.3 Å². The summed E-state index contributed by atoms with van der Waals surface area (Å²) in [7, 11) is 0. The lowest BCUT2D eigenvalue weighted by atomic mass is 10.1. The Balaban J connectivity index is 2.55. The van der Waals surface area contributed by atoms with Crippen LogP contribution in [-0.4, -0.2) is 45.3 Å². The number of imide groups is 1. The molecule has 0 bridgehead atoms. The van der Waals surface area contributed by atoms with Crippen molar-refractivity contribution < 1.29 is 19.5 Å². The maximum Gasteiger partial charge on any atom is 0.303 e. The van der Waals surface area contributed by atoms with E-state index in [1.807, 2.05) is 0 Å². The quantitative estimate of drug-likeness (QED) is 0.706. The Morgan fingerprint density at radius 1 is 1.47 bits per heavy atom. The number of amides is 2. The molecule has 1 saturated heterocycles. The van der Waals surface area contributed by atoms with Crippen molar-refractivity contribution in [3.8, 4) is 0 Å². The van der Waals surface area contributed by atoms with Gasteiger partial charge in [-0.15, -0.1) is 11.8 Å². The third-order valence-corrected chi connectivity index (χ3v) is 3.11. The second-order valence-corrected chi connectivity index (χ2v) is 4.42. The third-order valence-electron chi connectivity index (χ3n) is 2.21. The zero-order valence-corrected chi connectivity index (χ0v) is 9.25. The highest BCUT2D eigenvalue weighted by Gasteiger charge is 2.30. The zero-order chi connectivity index (χ0) is 11.4. The normalized spacial score (nSPS) is 19.1. The average Bonchev–Trinajstić information content (AvgIpc) is 2.14. The highest BCUT2D eigenvalue weighted by Crippen LogP contribution is 2.17. The number of hydrogen-bond acceptors (Lipinski definition) is 4. The Morgan fingerprint density at radius 2 is 2.00 bits per heavy atom. The van der Waals surface area contributed by atoms with Gasteiger partial charge in [-0.3, -0.25) is 19.3 Å². The molecule has 15 heavy (non-hydrogen) atoms. The van der Waals surface area contributed by atoms with Crippen LogP contribution in [0.15, 0.2) is 0 Å². The van der Waals surface area contributed by atoms with E-state index in [1.54, 1.807) is 6.92 Å². The predicted molar refractivity (Wildman–Crippen MR) is 55.5 cm³/mol. The van der Waals surface area contributed by atoms with Crippen LogP contribution in [0.1, 0.15) is 19.8 Å². The lowest BCUT2D eigenvalue weighted by Crippen LogP contribution is -2.48. The summed E-state index contributed by atoms with van der Waals surface area (Å²) in [6.07, 6.45) is 0.294. The summed E-state index contributed by atoms with van der Waals surface area (Å²) in [4.78, 5) is 34.4. The number of rotatable bonds is 4. The molecule has 0 spiro atoms. The first-order chi connectivity index (χ1) is 7.02. The molecule has 0 aliphatic carbocycles. The van der Waals surface area contributed by atoms with Gasteiger partial charge in [0.2, 0.25) is 11.8 Å². The third kappa shape index (κ3) is 3.23. The number of carboxylic acids is 1. The molecule has 0 aromatic heterocycles. The van der Waals surface area contributed by atoms with Crippen molar-refractivity contribution in [1.29, 1.82) is 0 Å². The minimum atomic E-state index is -0.909. The van der Waals surface area contributed by atoms with Gasteiger partial charge in [-0.2, -0.15) is 0 Å². The van der Waals surface area contributed by atoms with Gasteiger partial charge in [-0.1, -0.05) is 0 Å². The van der Waals surface area contributed by atoms with E-state index in [0.717, 1.165) is 0 Å². The SMILES string of the molecule is CC(CCC(=O)O)N1C(=O)CSCC1=O. The summed E-state index contributed by atoms with van der Waals surface area (Å²) < 4.78 is 0. The van der Waals surface area contributed by atoms with Crippen molar-refractivity contribution >= 4 is 29.5 Å². The van der Waals surface area contributed by atoms with Gasteiger partial charge in [0.1, 0.15) is 0 Å². The molecule has 0 saturated carbocycles. The molecule has 6 heteroatoms. The van der Waals surface area contributed by atoms with Crippen molar-refractivity contribution in [3.05, 3.63) is 0 Å². The lowest BCUT2D eigenvalue weighted by molar-refractivity contribution is -0.146. The summed E-state index contributed by atoms with van der Waals surface area (Å²) in [6, 6.07) is -0.318. The van der Waals surface area contributed by atoms with Crippen LogP contribution in [0, 0.1) is 0 Å². The Labute approximate surface area is 91.8 Å². The van der Waals surface area contributed by atoms with Gasteiger partial charge in [-0.25, -0.2) is 0 Å². The molecular formula is C9H13NO4S. The van der Waals surface area contributed by atoms with Crippen molar-refractivity contribution in [3.63, 3.8) is 0 Å². The maximum absolute atomic E-state index is 11.4. The lowest BCUT2D eigenvalue weighted by Gasteiger charge is -2.30. The highest BCUT2D eigenvalue weighted by atomic mass is 32.2. The van der Waals surface area contributed by atoms with Gasteiger partial charge >= 0.3 is 5.97 Å². The van der Waals surface area contributed by atoms with Gasteiger partial charge < -0.3 is 5.11 Å². The van der Waals surface area contributed by atoms with Gasteiger partial charge in [0.25, 0.3) is 0 Å². The topological polar surface area (TPSA) is 74.7 Å². The fraction of sp³-hybridized carbons (Fsp3) is 0.667. The van der Waals surface area contributed by atoms with E-state index in [4.69, 9.17) is 5.11 Å². The van der Waals surface area contributed by atoms with Crippen molar-refractivity contribution in [2.75, 3.05) is 11.5 Å².